The number of benzene rings is 1. The third kappa shape index (κ3) is 7.19. The molecule has 0 fully saturated rings. The number of amides is 1. The molecule has 1 aliphatic rings. The van der Waals surface area contributed by atoms with Crippen LogP contribution in [0.15, 0.2) is 24.3 Å². The Morgan fingerprint density at radius 1 is 1.08 bits per heavy atom. The van der Waals surface area contributed by atoms with Crippen LogP contribution in [-0.2, 0) is 20.7 Å². The molecule has 2 rings (SSSR count). The van der Waals surface area contributed by atoms with E-state index in [-0.39, 0.29) is 17.9 Å². The zero-order valence-corrected chi connectivity index (χ0v) is 16.1. The van der Waals surface area contributed by atoms with Crippen LogP contribution in [0.4, 0.5) is 0 Å². The van der Waals surface area contributed by atoms with Gasteiger partial charge in [0.05, 0.1) is 12.6 Å². The van der Waals surface area contributed by atoms with Crippen molar-refractivity contribution in [3.05, 3.63) is 35.4 Å². The van der Waals surface area contributed by atoms with Gasteiger partial charge in [0.1, 0.15) is 0 Å². The van der Waals surface area contributed by atoms with Gasteiger partial charge in [-0.05, 0) is 43.2 Å². The van der Waals surface area contributed by atoms with Crippen molar-refractivity contribution in [2.75, 3.05) is 6.61 Å². The van der Waals surface area contributed by atoms with Crippen molar-refractivity contribution < 1.29 is 14.3 Å². The molecule has 4 heteroatoms. The van der Waals surface area contributed by atoms with E-state index in [2.05, 4.69) is 30.4 Å². The average Bonchev–Trinajstić information content (AvgIpc) is 2.65. The summed E-state index contributed by atoms with van der Waals surface area (Å²) >= 11 is 0. The fourth-order valence-electron chi connectivity index (χ4n) is 3.53. The Balaban J connectivity index is 1.59. The van der Waals surface area contributed by atoms with Gasteiger partial charge in [0.15, 0.2) is 0 Å². The summed E-state index contributed by atoms with van der Waals surface area (Å²) in [4.78, 5) is 23.9. The Bertz CT molecular complexity index is 570. The normalized spacial score (nSPS) is 16.0. The Labute approximate surface area is 157 Å². The summed E-state index contributed by atoms with van der Waals surface area (Å²) in [6.07, 6.45) is 10.2. The number of hydrogen-bond acceptors (Lipinski definition) is 3. The fourth-order valence-corrected chi connectivity index (χ4v) is 3.53. The van der Waals surface area contributed by atoms with Gasteiger partial charge in [-0.15, -0.1) is 0 Å². The predicted octanol–water partition coefficient (Wildman–Crippen LogP) is 4.86. The highest BCUT2D eigenvalue weighted by atomic mass is 16.5. The van der Waals surface area contributed by atoms with Crippen LogP contribution < -0.4 is 5.32 Å². The maximum Gasteiger partial charge on any atom is 0.305 e. The van der Waals surface area contributed by atoms with Crippen LogP contribution in [0.3, 0.4) is 0 Å². The second kappa shape index (κ2) is 11.7. The summed E-state index contributed by atoms with van der Waals surface area (Å²) in [6.45, 7) is 2.69. The summed E-state index contributed by atoms with van der Waals surface area (Å²) in [6, 6.07) is 8.45. The molecule has 1 atom stereocenters. The van der Waals surface area contributed by atoms with Crippen LogP contribution in [0.5, 0.6) is 0 Å². The van der Waals surface area contributed by atoms with Gasteiger partial charge in [-0.1, -0.05) is 56.9 Å². The van der Waals surface area contributed by atoms with Gasteiger partial charge in [0.25, 0.3) is 0 Å². The molecule has 1 N–H and O–H groups in total. The molecule has 0 spiro atoms. The lowest BCUT2D eigenvalue weighted by Crippen LogP contribution is -2.30. The van der Waals surface area contributed by atoms with Crippen molar-refractivity contribution in [2.24, 2.45) is 0 Å². The van der Waals surface area contributed by atoms with Crippen LogP contribution in [0.2, 0.25) is 0 Å². The zero-order chi connectivity index (χ0) is 18.6. The largest absolute Gasteiger partial charge is 0.466 e. The number of esters is 1. The van der Waals surface area contributed by atoms with Crippen LogP contribution in [0.1, 0.15) is 88.3 Å². The van der Waals surface area contributed by atoms with Crippen LogP contribution in [-0.4, -0.2) is 18.5 Å². The third-order valence-corrected chi connectivity index (χ3v) is 5.00. The Morgan fingerprint density at radius 3 is 2.73 bits per heavy atom. The minimum Gasteiger partial charge on any atom is -0.466 e. The molecule has 0 radical (unpaired) electrons. The second-order valence-electron chi connectivity index (χ2n) is 7.20. The minimum atomic E-state index is -0.184. The first kappa shape index (κ1) is 20.5. The smallest absolute Gasteiger partial charge is 0.305 e. The quantitative estimate of drug-likeness (QED) is 0.453. The molecule has 1 aromatic rings. The van der Waals surface area contributed by atoms with Crippen molar-refractivity contribution in [1.82, 2.24) is 5.32 Å². The molecule has 4 nitrogen and oxygen atoms in total. The maximum absolute atomic E-state index is 12.2. The Hall–Kier alpha value is -1.84. The van der Waals surface area contributed by atoms with Gasteiger partial charge in [-0.2, -0.15) is 0 Å². The summed E-state index contributed by atoms with van der Waals surface area (Å²) in [5.74, 6) is -0.157. The molecule has 0 aliphatic heterocycles. The highest BCUT2D eigenvalue weighted by Crippen LogP contribution is 2.29. The van der Waals surface area contributed by atoms with Crippen LogP contribution in [0.25, 0.3) is 0 Å². The highest BCUT2D eigenvalue weighted by molar-refractivity contribution is 5.77. The lowest BCUT2D eigenvalue weighted by Gasteiger charge is -2.26. The SMILES string of the molecule is CCCCCCCOC(=O)CCCC(=O)NC1CCCc2ccccc21. The molecule has 1 amide bonds. The predicted molar refractivity (Wildman–Crippen MR) is 104 cm³/mol. The standard InChI is InChI=1S/C22H33NO3/c1-2-3-4-5-8-17-26-22(25)16-10-15-21(24)23-20-14-9-12-18-11-6-7-13-19(18)20/h6-7,11,13,20H,2-5,8-10,12,14-17H2,1H3,(H,23,24). The molecular formula is C22H33NO3. The topological polar surface area (TPSA) is 55.4 Å². The van der Waals surface area contributed by atoms with E-state index in [0.717, 1.165) is 32.1 Å². The van der Waals surface area contributed by atoms with Crippen molar-refractivity contribution >= 4 is 11.9 Å². The zero-order valence-electron chi connectivity index (χ0n) is 16.1. The molecular weight excluding hydrogens is 326 g/mol. The lowest BCUT2D eigenvalue weighted by atomic mass is 9.87. The number of ether oxygens (including phenoxy) is 1. The average molecular weight is 360 g/mol. The van der Waals surface area contributed by atoms with Gasteiger partial charge >= 0.3 is 5.97 Å². The second-order valence-corrected chi connectivity index (χ2v) is 7.20. The lowest BCUT2D eigenvalue weighted by molar-refractivity contribution is -0.143. The van der Waals surface area contributed by atoms with Crippen molar-refractivity contribution in [3.63, 3.8) is 0 Å². The Morgan fingerprint density at radius 2 is 1.88 bits per heavy atom. The minimum absolute atomic E-state index is 0.0269. The number of carbonyl (C=O) groups excluding carboxylic acids is 2. The van der Waals surface area contributed by atoms with E-state index < -0.39 is 0 Å². The number of hydrogen-bond donors (Lipinski definition) is 1. The molecule has 1 aliphatic carbocycles. The molecule has 0 heterocycles. The van der Waals surface area contributed by atoms with E-state index in [1.54, 1.807) is 0 Å². The van der Waals surface area contributed by atoms with E-state index >= 15 is 0 Å². The van der Waals surface area contributed by atoms with E-state index in [9.17, 15) is 9.59 Å². The number of carbonyl (C=O) groups is 2. The number of nitrogens with one attached hydrogen (secondary N) is 1. The van der Waals surface area contributed by atoms with E-state index in [1.807, 2.05) is 6.07 Å². The summed E-state index contributed by atoms with van der Waals surface area (Å²) in [5.41, 5.74) is 2.58. The van der Waals surface area contributed by atoms with E-state index in [4.69, 9.17) is 4.74 Å². The molecule has 0 saturated carbocycles. The molecule has 1 unspecified atom stereocenters. The highest BCUT2D eigenvalue weighted by Gasteiger charge is 2.21. The number of aryl methyl sites for hydroxylation is 1. The summed E-state index contributed by atoms with van der Waals surface area (Å²) in [7, 11) is 0. The van der Waals surface area contributed by atoms with Crippen molar-refractivity contribution in [1.29, 1.82) is 0 Å². The molecule has 1 aromatic carbocycles. The van der Waals surface area contributed by atoms with E-state index in [0.29, 0.717) is 25.9 Å². The first-order valence-electron chi connectivity index (χ1n) is 10.2. The summed E-state index contributed by atoms with van der Waals surface area (Å²) in [5, 5.41) is 3.13. The van der Waals surface area contributed by atoms with Crippen LogP contribution in [0, 0.1) is 0 Å². The first-order valence-corrected chi connectivity index (χ1v) is 10.2. The maximum atomic E-state index is 12.2. The Kier molecular flexibility index (Phi) is 9.22. The number of unbranched alkanes of at least 4 members (excludes halogenated alkanes) is 4. The van der Waals surface area contributed by atoms with Gasteiger partial charge in [0.2, 0.25) is 5.91 Å². The van der Waals surface area contributed by atoms with Gasteiger partial charge in [-0.25, -0.2) is 0 Å². The third-order valence-electron chi connectivity index (χ3n) is 5.00. The molecule has 0 saturated heterocycles. The van der Waals surface area contributed by atoms with Crippen molar-refractivity contribution in [2.45, 2.75) is 83.6 Å². The van der Waals surface area contributed by atoms with Crippen molar-refractivity contribution in [3.8, 4) is 0 Å². The summed E-state index contributed by atoms with van der Waals surface area (Å²) < 4.78 is 5.23. The first-order chi connectivity index (χ1) is 12.7. The monoisotopic (exact) mass is 359 g/mol. The fraction of sp³-hybridized carbons (Fsp3) is 0.636. The molecule has 144 valence electrons. The molecule has 0 aromatic heterocycles. The van der Waals surface area contributed by atoms with E-state index in [1.165, 1.54) is 30.4 Å². The number of rotatable bonds is 11. The molecule has 26 heavy (non-hydrogen) atoms. The van der Waals surface area contributed by atoms with Gasteiger partial charge < -0.3 is 10.1 Å². The number of fused-ring (bicyclic) bond motifs is 1. The van der Waals surface area contributed by atoms with Gasteiger partial charge in [0, 0.05) is 12.8 Å². The molecule has 0 bridgehead atoms. The van der Waals surface area contributed by atoms with Gasteiger partial charge in [-0.3, -0.25) is 9.59 Å². The van der Waals surface area contributed by atoms with Crippen LogP contribution >= 0.6 is 0 Å².